The summed E-state index contributed by atoms with van der Waals surface area (Å²) in [7, 11) is 0. The maximum Gasteiger partial charge on any atom is 0.216 e. The molecule has 0 aromatic heterocycles. The number of hydrogen-bond acceptors (Lipinski definition) is 0. The first-order valence-corrected chi connectivity index (χ1v) is 5.24. The van der Waals surface area contributed by atoms with Crippen molar-refractivity contribution >= 4 is 34.8 Å². The fraction of sp³-hybridized carbons (Fsp3) is 0.400. The molecule has 0 fully saturated rings. The van der Waals surface area contributed by atoms with Gasteiger partial charge in [0.15, 0.2) is 0 Å². The molecule has 0 atom stereocenters. The predicted octanol–water partition coefficient (Wildman–Crippen LogP) is 4.38. The minimum atomic E-state index is -1.31. The highest BCUT2D eigenvalue weighted by molar-refractivity contribution is 6.66. The molecule has 0 saturated heterocycles. The molecule has 0 bridgehead atoms. The molecule has 0 amide bonds. The molecule has 0 heterocycles. The summed E-state index contributed by atoms with van der Waals surface area (Å²) in [6.07, 6.45) is 0.954. The molecule has 0 unspecified atom stereocenters. The molecule has 0 radical (unpaired) electrons. The summed E-state index contributed by atoms with van der Waals surface area (Å²) < 4.78 is -1.31. The summed E-state index contributed by atoms with van der Waals surface area (Å²) in [5.41, 5.74) is 3.07. The Morgan fingerprint density at radius 3 is 2.23 bits per heavy atom. The van der Waals surface area contributed by atoms with Crippen molar-refractivity contribution in [2.75, 3.05) is 0 Å². The van der Waals surface area contributed by atoms with E-state index >= 15 is 0 Å². The fourth-order valence-electron chi connectivity index (χ4n) is 1.23. The van der Waals surface area contributed by atoms with E-state index in [1.54, 1.807) is 0 Å². The van der Waals surface area contributed by atoms with Crippen LogP contribution in [0.15, 0.2) is 18.2 Å². The Kier molecular flexibility index (Phi) is 3.50. The Labute approximate surface area is 93.8 Å². The van der Waals surface area contributed by atoms with E-state index in [1.165, 1.54) is 5.56 Å². The molecule has 0 saturated carbocycles. The minimum absolute atomic E-state index is 0.745. The van der Waals surface area contributed by atoms with Crippen molar-refractivity contribution in [1.82, 2.24) is 0 Å². The normalized spacial score (nSPS) is 11.8. The predicted molar refractivity (Wildman–Crippen MR) is 59.8 cm³/mol. The van der Waals surface area contributed by atoms with Crippen molar-refractivity contribution in [3.63, 3.8) is 0 Å². The number of hydrogen-bond donors (Lipinski definition) is 0. The zero-order valence-electron chi connectivity index (χ0n) is 7.57. The lowest BCUT2D eigenvalue weighted by Crippen LogP contribution is -2.01. The van der Waals surface area contributed by atoms with Crippen LogP contribution in [0, 0.1) is 6.92 Å². The van der Waals surface area contributed by atoms with Crippen LogP contribution in [0.3, 0.4) is 0 Å². The molecule has 0 aliphatic heterocycles. The van der Waals surface area contributed by atoms with Crippen molar-refractivity contribution in [3.8, 4) is 0 Å². The van der Waals surface area contributed by atoms with Crippen molar-refractivity contribution in [2.24, 2.45) is 0 Å². The van der Waals surface area contributed by atoms with Gasteiger partial charge in [0.05, 0.1) is 0 Å². The van der Waals surface area contributed by atoms with Gasteiger partial charge in [-0.15, -0.1) is 0 Å². The Balaban J connectivity index is 3.16. The van der Waals surface area contributed by atoms with Crippen LogP contribution in [0.2, 0.25) is 0 Å². The summed E-state index contributed by atoms with van der Waals surface area (Å²) in [5.74, 6) is 0. The van der Waals surface area contributed by atoms with E-state index in [4.69, 9.17) is 34.8 Å². The molecule has 1 aromatic carbocycles. The van der Waals surface area contributed by atoms with Crippen molar-refractivity contribution in [2.45, 2.75) is 24.1 Å². The SMILES string of the molecule is CCc1cc(C)cc(C(Cl)(Cl)Cl)c1. The van der Waals surface area contributed by atoms with Gasteiger partial charge in [-0.3, -0.25) is 0 Å². The monoisotopic (exact) mass is 236 g/mol. The largest absolute Gasteiger partial charge is 0.216 e. The van der Waals surface area contributed by atoms with Gasteiger partial charge < -0.3 is 0 Å². The first-order valence-electron chi connectivity index (χ1n) is 4.11. The third kappa shape index (κ3) is 3.05. The Hall–Kier alpha value is 0.0900. The van der Waals surface area contributed by atoms with Crippen molar-refractivity contribution < 1.29 is 0 Å². The maximum atomic E-state index is 5.79. The van der Waals surface area contributed by atoms with Crippen LogP contribution in [0.25, 0.3) is 0 Å². The number of aryl methyl sites for hydroxylation is 2. The molecule has 1 rings (SSSR count). The summed E-state index contributed by atoms with van der Waals surface area (Å²) in [4.78, 5) is 0. The van der Waals surface area contributed by atoms with Crippen molar-refractivity contribution in [1.29, 1.82) is 0 Å². The van der Waals surface area contributed by atoms with Gasteiger partial charge in [0.1, 0.15) is 0 Å². The van der Waals surface area contributed by atoms with Gasteiger partial charge in [0.2, 0.25) is 3.79 Å². The van der Waals surface area contributed by atoms with Gasteiger partial charge in [-0.1, -0.05) is 65.5 Å². The third-order valence-corrected chi connectivity index (χ3v) is 2.53. The lowest BCUT2D eigenvalue weighted by atomic mass is 10.1. The second kappa shape index (κ2) is 4.08. The molecule has 3 heteroatoms. The molecule has 0 spiro atoms. The van der Waals surface area contributed by atoms with Gasteiger partial charge in [-0.2, -0.15) is 0 Å². The van der Waals surface area contributed by atoms with Crippen LogP contribution >= 0.6 is 34.8 Å². The molecule has 0 aliphatic rings. The first kappa shape index (κ1) is 11.2. The molecule has 0 aliphatic carbocycles. The Morgan fingerprint density at radius 1 is 1.15 bits per heavy atom. The van der Waals surface area contributed by atoms with Crippen LogP contribution in [0.5, 0.6) is 0 Å². The third-order valence-electron chi connectivity index (χ3n) is 1.87. The zero-order valence-corrected chi connectivity index (χ0v) is 9.84. The van der Waals surface area contributed by atoms with Crippen LogP contribution in [-0.2, 0) is 10.2 Å². The van der Waals surface area contributed by atoms with Crippen LogP contribution < -0.4 is 0 Å². The Morgan fingerprint density at radius 2 is 1.77 bits per heavy atom. The van der Waals surface area contributed by atoms with E-state index in [9.17, 15) is 0 Å². The van der Waals surface area contributed by atoms with Gasteiger partial charge in [-0.05, 0) is 18.9 Å². The van der Waals surface area contributed by atoms with E-state index in [0.717, 1.165) is 17.5 Å². The number of rotatable bonds is 1. The smallest absolute Gasteiger partial charge is 0.0784 e. The summed E-state index contributed by atoms with van der Waals surface area (Å²) >= 11 is 17.4. The lowest BCUT2D eigenvalue weighted by molar-refractivity contribution is 1.10. The number of halogens is 3. The average Bonchev–Trinajstić information content (AvgIpc) is 2.01. The molecule has 13 heavy (non-hydrogen) atoms. The molecule has 1 aromatic rings. The van der Waals surface area contributed by atoms with E-state index < -0.39 is 3.79 Å². The molecule has 0 nitrogen and oxygen atoms in total. The maximum absolute atomic E-state index is 5.79. The number of alkyl halides is 3. The van der Waals surface area contributed by atoms with Crippen molar-refractivity contribution in [3.05, 3.63) is 34.9 Å². The van der Waals surface area contributed by atoms with Gasteiger partial charge >= 0.3 is 0 Å². The number of benzene rings is 1. The first-order chi connectivity index (χ1) is 5.93. The second-order valence-corrected chi connectivity index (χ2v) is 5.34. The fourth-order valence-corrected chi connectivity index (χ4v) is 1.56. The Bertz CT molecular complexity index is 300. The summed E-state index contributed by atoms with van der Waals surface area (Å²) in [5, 5.41) is 0. The highest BCUT2D eigenvalue weighted by atomic mass is 35.6. The van der Waals surface area contributed by atoms with Crippen LogP contribution in [0.1, 0.15) is 23.6 Å². The average molecular weight is 238 g/mol. The lowest BCUT2D eigenvalue weighted by Gasteiger charge is -2.13. The summed E-state index contributed by atoms with van der Waals surface area (Å²) in [6, 6.07) is 5.92. The quantitative estimate of drug-likeness (QED) is 0.636. The molecular weight excluding hydrogens is 226 g/mol. The standard InChI is InChI=1S/C10H11Cl3/c1-3-8-4-7(2)5-9(6-8)10(11,12)13/h4-6H,3H2,1-2H3. The van der Waals surface area contributed by atoms with Gasteiger partial charge in [0.25, 0.3) is 0 Å². The van der Waals surface area contributed by atoms with Crippen LogP contribution in [0.4, 0.5) is 0 Å². The minimum Gasteiger partial charge on any atom is -0.0784 e. The van der Waals surface area contributed by atoms with E-state index in [1.807, 2.05) is 19.1 Å². The zero-order chi connectivity index (χ0) is 10.1. The van der Waals surface area contributed by atoms with E-state index in [-0.39, 0.29) is 0 Å². The van der Waals surface area contributed by atoms with E-state index in [2.05, 4.69) is 13.0 Å². The highest BCUT2D eigenvalue weighted by Gasteiger charge is 2.22. The summed E-state index contributed by atoms with van der Waals surface area (Å²) in [6.45, 7) is 4.08. The highest BCUT2D eigenvalue weighted by Crippen LogP contribution is 2.38. The topological polar surface area (TPSA) is 0 Å². The second-order valence-electron chi connectivity index (χ2n) is 3.06. The molecule has 72 valence electrons. The molecular formula is C10H11Cl3. The molecule has 0 N–H and O–H groups in total. The van der Waals surface area contributed by atoms with Crippen LogP contribution in [-0.4, -0.2) is 0 Å². The van der Waals surface area contributed by atoms with Gasteiger partial charge in [0, 0.05) is 5.56 Å². The van der Waals surface area contributed by atoms with Gasteiger partial charge in [-0.25, -0.2) is 0 Å². The van der Waals surface area contributed by atoms with E-state index in [0.29, 0.717) is 0 Å².